The highest BCUT2D eigenvalue weighted by Gasteiger charge is 2.22. The summed E-state index contributed by atoms with van der Waals surface area (Å²) in [4.78, 5) is 28.5. The van der Waals surface area contributed by atoms with Gasteiger partial charge in [0.2, 0.25) is 11.8 Å². The number of amides is 1. The van der Waals surface area contributed by atoms with E-state index in [1.54, 1.807) is 38.9 Å². The molecule has 1 atom stereocenters. The highest BCUT2D eigenvalue weighted by atomic mass is 32.2. The number of pyridine rings is 1. The van der Waals surface area contributed by atoms with Gasteiger partial charge in [-0.05, 0) is 29.7 Å². The first kappa shape index (κ1) is 23.7. The Morgan fingerprint density at radius 2 is 1.80 bits per heavy atom. The third-order valence-electron chi connectivity index (χ3n) is 4.31. The molecule has 2 rings (SSSR count). The summed E-state index contributed by atoms with van der Waals surface area (Å²) < 4.78 is 10.4. The number of hydrogen-bond donors (Lipinski definition) is 2. The van der Waals surface area contributed by atoms with Gasteiger partial charge in [0, 0.05) is 42.0 Å². The van der Waals surface area contributed by atoms with Crippen molar-refractivity contribution in [3.8, 4) is 17.0 Å². The molecule has 0 aliphatic rings. The summed E-state index contributed by atoms with van der Waals surface area (Å²) in [5, 5.41) is 11.7. The van der Waals surface area contributed by atoms with Crippen LogP contribution < -0.4 is 10.1 Å². The Morgan fingerprint density at radius 1 is 1.10 bits per heavy atom. The summed E-state index contributed by atoms with van der Waals surface area (Å²) in [6.07, 6.45) is 2.03. The van der Waals surface area contributed by atoms with Crippen LogP contribution in [0.3, 0.4) is 0 Å². The molecular formula is C22H28N2O5S. The fourth-order valence-electron chi connectivity index (χ4n) is 2.63. The maximum atomic E-state index is 12.0. The number of ether oxygens (including phenoxy) is 2. The maximum absolute atomic E-state index is 12.0. The number of nitrogens with zero attached hydrogens (tertiary/aromatic N) is 1. The minimum Gasteiger partial charge on any atom is -0.480 e. The van der Waals surface area contributed by atoms with Crippen LogP contribution in [-0.2, 0) is 14.3 Å². The number of benzene rings is 1. The number of nitrogens with one attached hydrogen (secondary N) is 1. The molecule has 7 nitrogen and oxygen atoms in total. The summed E-state index contributed by atoms with van der Waals surface area (Å²) in [5.41, 5.74) is 2.02. The number of carboxylic acid groups (broad SMARTS) is 1. The largest absolute Gasteiger partial charge is 0.480 e. The van der Waals surface area contributed by atoms with Crippen LogP contribution in [0.25, 0.3) is 11.1 Å². The van der Waals surface area contributed by atoms with E-state index in [-0.39, 0.29) is 18.2 Å². The number of carbonyl (C=O) groups is 2. The second kappa shape index (κ2) is 12.2. The van der Waals surface area contributed by atoms with Crippen LogP contribution >= 0.6 is 11.8 Å². The summed E-state index contributed by atoms with van der Waals surface area (Å²) in [6, 6.07) is 10.9. The van der Waals surface area contributed by atoms with Gasteiger partial charge in [-0.2, -0.15) is 0 Å². The van der Waals surface area contributed by atoms with E-state index in [2.05, 4.69) is 10.3 Å². The Kier molecular flexibility index (Phi) is 9.63. The minimum absolute atomic E-state index is 0.160. The average molecular weight is 433 g/mol. The van der Waals surface area contributed by atoms with E-state index in [4.69, 9.17) is 14.6 Å². The normalized spacial score (nSPS) is 11.9. The van der Waals surface area contributed by atoms with E-state index in [1.165, 1.54) is 0 Å². The predicted octanol–water partition coefficient (Wildman–Crippen LogP) is 3.48. The van der Waals surface area contributed by atoms with E-state index < -0.39 is 12.0 Å². The van der Waals surface area contributed by atoms with Crippen LogP contribution in [-0.4, -0.2) is 54.1 Å². The zero-order valence-corrected chi connectivity index (χ0v) is 18.3. The molecule has 1 aromatic heterocycles. The number of aromatic nitrogens is 1. The van der Waals surface area contributed by atoms with Gasteiger partial charge in [0.1, 0.15) is 12.6 Å². The van der Waals surface area contributed by atoms with Crippen molar-refractivity contribution < 1.29 is 24.2 Å². The molecule has 0 spiro atoms. The monoisotopic (exact) mass is 432 g/mol. The number of carboxylic acids is 1. The molecule has 0 aliphatic carbocycles. The topological polar surface area (TPSA) is 97.8 Å². The molecule has 30 heavy (non-hydrogen) atoms. The van der Waals surface area contributed by atoms with Crippen LogP contribution in [0.1, 0.15) is 20.3 Å². The first-order chi connectivity index (χ1) is 14.4. The molecule has 0 fully saturated rings. The van der Waals surface area contributed by atoms with E-state index in [0.29, 0.717) is 24.8 Å². The lowest BCUT2D eigenvalue weighted by molar-refractivity contribution is -0.143. The van der Waals surface area contributed by atoms with Gasteiger partial charge in [0.15, 0.2) is 0 Å². The van der Waals surface area contributed by atoms with Crippen molar-refractivity contribution in [3.63, 3.8) is 0 Å². The summed E-state index contributed by atoms with van der Waals surface area (Å²) >= 11 is 1.55. The molecule has 162 valence electrons. The van der Waals surface area contributed by atoms with Crippen LogP contribution in [0, 0.1) is 5.92 Å². The lowest BCUT2D eigenvalue weighted by Crippen LogP contribution is -2.44. The highest BCUT2D eigenvalue weighted by Crippen LogP contribution is 2.25. The SMILES string of the molecule is COCCOc1ccc(-c2ccc(SCCC(=O)N[C@H](C(=O)O)C(C)C)cc2)cn1. The summed E-state index contributed by atoms with van der Waals surface area (Å²) in [5.74, 6) is -0.286. The molecule has 0 saturated carbocycles. The van der Waals surface area contributed by atoms with Crippen molar-refractivity contribution in [2.24, 2.45) is 5.92 Å². The molecule has 0 aliphatic heterocycles. The predicted molar refractivity (Wildman–Crippen MR) is 117 cm³/mol. The zero-order valence-electron chi connectivity index (χ0n) is 17.5. The highest BCUT2D eigenvalue weighted by molar-refractivity contribution is 7.99. The quantitative estimate of drug-likeness (QED) is 0.391. The molecule has 0 bridgehead atoms. The average Bonchev–Trinajstić information content (AvgIpc) is 2.73. The second-order valence-electron chi connectivity index (χ2n) is 6.98. The smallest absolute Gasteiger partial charge is 0.326 e. The second-order valence-corrected chi connectivity index (χ2v) is 8.14. The maximum Gasteiger partial charge on any atom is 0.326 e. The molecule has 2 N–H and O–H groups in total. The minimum atomic E-state index is -1.01. The Hall–Kier alpha value is -2.58. The first-order valence-corrected chi connectivity index (χ1v) is 10.7. The number of carbonyl (C=O) groups excluding carboxylic acids is 1. The van der Waals surface area contributed by atoms with E-state index in [0.717, 1.165) is 16.0 Å². The van der Waals surface area contributed by atoms with Crippen LogP contribution in [0.15, 0.2) is 47.5 Å². The number of hydrogen-bond acceptors (Lipinski definition) is 6. The van der Waals surface area contributed by atoms with Gasteiger partial charge in [-0.25, -0.2) is 9.78 Å². The number of rotatable bonds is 12. The van der Waals surface area contributed by atoms with Gasteiger partial charge in [0.05, 0.1) is 6.61 Å². The first-order valence-electron chi connectivity index (χ1n) is 9.74. The number of thioether (sulfide) groups is 1. The van der Waals surface area contributed by atoms with E-state index >= 15 is 0 Å². The molecule has 0 unspecified atom stereocenters. The summed E-state index contributed by atoms with van der Waals surface area (Å²) in [6.45, 7) is 4.52. The number of methoxy groups -OCH3 is 1. The van der Waals surface area contributed by atoms with Crippen molar-refractivity contribution in [1.29, 1.82) is 0 Å². The van der Waals surface area contributed by atoms with E-state index in [1.807, 2.05) is 36.4 Å². The standard InChI is InChI=1S/C22H28N2O5S/c1-15(2)21(22(26)27)24-19(25)10-13-30-18-7-4-16(5-8-18)17-6-9-20(23-14-17)29-12-11-28-3/h4-9,14-15,21H,10-13H2,1-3H3,(H,24,25)(H,26,27)/t21-/m0/s1. The van der Waals surface area contributed by atoms with Crippen LogP contribution in [0.5, 0.6) is 5.88 Å². The fraction of sp³-hybridized carbons (Fsp3) is 0.409. The summed E-state index contributed by atoms with van der Waals surface area (Å²) in [7, 11) is 1.62. The molecule has 1 aromatic carbocycles. The molecule has 1 heterocycles. The Bertz CT molecular complexity index is 809. The van der Waals surface area contributed by atoms with Gasteiger partial charge >= 0.3 is 5.97 Å². The van der Waals surface area contributed by atoms with Crippen molar-refractivity contribution in [2.45, 2.75) is 31.2 Å². The molecule has 1 amide bonds. The van der Waals surface area contributed by atoms with Crippen molar-refractivity contribution in [1.82, 2.24) is 10.3 Å². The van der Waals surface area contributed by atoms with Crippen LogP contribution in [0.4, 0.5) is 0 Å². The Morgan fingerprint density at radius 3 is 2.37 bits per heavy atom. The molecule has 0 saturated heterocycles. The van der Waals surface area contributed by atoms with Gasteiger partial charge < -0.3 is 19.9 Å². The third kappa shape index (κ3) is 7.68. The Labute approximate surface area is 181 Å². The lowest BCUT2D eigenvalue weighted by atomic mass is 10.0. The van der Waals surface area contributed by atoms with Gasteiger partial charge in [0.25, 0.3) is 0 Å². The lowest BCUT2D eigenvalue weighted by Gasteiger charge is -2.17. The van der Waals surface area contributed by atoms with Crippen molar-refractivity contribution >= 4 is 23.6 Å². The van der Waals surface area contributed by atoms with Gasteiger partial charge in [-0.15, -0.1) is 11.8 Å². The number of aliphatic carboxylic acids is 1. The molecule has 8 heteroatoms. The third-order valence-corrected chi connectivity index (χ3v) is 5.32. The molecular weight excluding hydrogens is 404 g/mol. The van der Waals surface area contributed by atoms with Crippen molar-refractivity contribution in [3.05, 3.63) is 42.6 Å². The molecule has 0 radical (unpaired) electrons. The van der Waals surface area contributed by atoms with E-state index in [9.17, 15) is 9.59 Å². The fourth-order valence-corrected chi connectivity index (χ4v) is 3.48. The Balaban J connectivity index is 1.82. The van der Waals surface area contributed by atoms with Crippen LogP contribution in [0.2, 0.25) is 0 Å². The van der Waals surface area contributed by atoms with Gasteiger partial charge in [-0.3, -0.25) is 4.79 Å². The molecule has 2 aromatic rings. The van der Waals surface area contributed by atoms with Crippen molar-refractivity contribution in [2.75, 3.05) is 26.1 Å². The zero-order chi connectivity index (χ0) is 21.9. The van der Waals surface area contributed by atoms with Gasteiger partial charge in [-0.1, -0.05) is 26.0 Å².